The van der Waals surface area contributed by atoms with E-state index in [2.05, 4.69) is 11.4 Å². The first-order valence-electron chi connectivity index (χ1n) is 9.81. The molecule has 0 saturated carbocycles. The van der Waals surface area contributed by atoms with Crippen molar-refractivity contribution in [3.63, 3.8) is 0 Å². The van der Waals surface area contributed by atoms with Crippen molar-refractivity contribution in [1.29, 1.82) is 5.26 Å². The lowest BCUT2D eigenvalue weighted by Crippen LogP contribution is -2.30. The van der Waals surface area contributed by atoms with Gasteiger partial charge in [-0.2, -0.15) is 5.26 Å². The molecule has 0 spiro atoms. The number of aryl methyl sites for hydroxylation is 1. The number of fused-ring (bicyclic) bond motifs is 1. The molecule has 152 valence electrons. The third-order valence-corrected chi connectivity index (χ3v) is 5.97. The lowest BCUT2D eigenvalue weighted by molar-refractivity contribution is -0.153. The maximum absolute atomic E-state index is 12.5. The van der Waals surface area contributed by atoms with Crippen LogP contribution in [0.5, 0.6) is 5.75 Å². The number of anilines is 1. The van der Waals surface area contributed by atoms with Gasteiger partial charge in [-0.15, -0.1) is 11.3 Å². The van der Waals surface area contributed by atoms with Gasteiger partial charge in [0.25, 0.3) is 5.91 Å². The van der Waals surface area contributed by atoms with E-state index in [0.717, 1.165) is 37.7 Å². The topological polar surface area (TPSA) is 88.4 Å². The number of thiophene rings is 1. The van der Waals surface area contributed by atoms with Crippen molar-refractivity contribution in [2.24, 2.45) is 0 Å². The number of nitriles is 1. The van der Waals surface area contributed by atoms with Crippen molar-refractivity contribution in [2.45, 2.75) is 51.6 Å². The Kier molecular flexibility index (Phi) is 7.25. The summed E-state index contributed by atoms with van der Waals surface area (Å²) in [6.07, 6.45) is 4.23. The highest BCUT2D eigenvalue weighted by Crippen LogP contribution is 2.37. The smallest absolute Gasteiger partial charge is 0.310 e. The number of benzene rings is 1. The molecular weight excluding hydrogens is 388 g/mol. The second-order valence-electron chi connectivity index (χ2n) is 6.91. The molecule has 0 saturated heterocycles. The summed E-state index contributed by atoms with van der Waals surface area (Å²) in [6.45, 7) is 1.70. The van der Waals surface area contributed by atoms with Crippen LogP contribution < -0.4 is 10.1 Å². The molecule has 1 aromatic heterocycles. The van der Waals surface area contributed by atoms with Crippen LogP contribution in [0.3, 0.4) is 0 Å². The Labute approximate surface area is 174 Å². The number of ether oxygens (including phenoxy) is 2. The molecule has 1 aliphatic rings. The number of carbonyl (C=O) groups excluding carboxylic acids is 2. The summed E-state index contributed by atoms with van der Waals surface area (Å²) < 4.78 is 10.7. The van der Waals surface area contributed by atoms with Gasteiger partial charge in [-0.05, 0) is 50.3 Å². The van der Waals surface area contributed by atoms with E-state index in [9.17, 15) is 14.9 Å². The summed E-state index contributed by atoms with van der Waals surface area (Å²) in [5.41, 5.74) is 1.61. The maximum atomic E-state index is 12.5. The number of hydrogen-bond acceptors (Lipinski definition) is 6. The number of hydrogen-bond donors (Lipinski definition) is 1. The normalized spacial score (nSPS) is 14.1. The SMILES string of the molecule is C[C@@H](OC(=O)CCOc1ccccc1)C(=O)Nc1sc2c(c1C#N)CCCCC2. The van der Waals surface area contributed by atoms with Crippen LogP contribution in [-0.2, 0) is 27.2 Å². The number of rotatable bonds is 7. The zero-order valence-corrected chi connectivity index (χ0v) is 17.2. The highest BCUT2D eigenvalue weighted by molar-refractivity contribution is 7.16. The lowest BCUT2D eigenvalue weighted by Gasteiger charge is -2.13. The van der Waals surface area contributed by atoms with E-state index in [0.29, 0.717) is 16.3 Å². The molecule has 0 aliphatic heterocycles. The molecule has 1 N–H and O–H groups in total. The number of esters is 1. The molecule has 3 rings (SSSR count). The van der Waals surface area contributed by atoms with Gasteiger partial charge in [0.1, 0.15) is 16.8 Å². The monoisotopic (exact) mass is 412 g/mol. The molecule has 1 amide bonds. The average molecular weight is 413 g/mol. The molecule has 1 aromatic carbocycles. The van der Waals surface area contributed by atoms with Crippen LogP contribution in [0.15, 0.2) is 30.3 Å². The van der Waals surface area contributed by atoms with Crippen molar-refractivity contribution in [3.05, 3.63) is 46.3 Å². The molecule has 0 fully saturated rings. The highest BCUT2D eigenvalue weighted by Gasteiger charge is 2.24. The van der Waals surface area contributed by atoms with Gasteiger partial charge in [-0.25, -0.2) is 0 Å². The van der Waals surface area contributed by atoms with Gasteiger partial charge in [0.2, 0.25) is 0 Å². The molecule has 6 nitrogen and oxygen atoms in total. The van der Waals surface area contributed by atoms with E-state index in [-0.39, 0.29) is 13.0 Å². The van der Waals surface area contributed by atoms with Crippen LogP contribution in [0.25, 0.3) is 0 Å². The number of para-hydroxylation sites is 1. The maximum Gasteiger partial charge on any atom is 0.310 e. The summed E-state index contributed by atoms with van der Waals surface area (Å²) in [5.74, 6) is -0.270. The first kappa shape index (κ1) is 20.9. The van der Waals surface area contributed by atoms with E-state index >= 15 is 0 Å². The van der Waals surface area contributed by atoms with Gasteiger partial charge in [0, 0.05) is 4.88 Å². The minimum Gasteiger partial charge on any atom is -0.493 e. The summed E-state index contributed by atoms with van der Waals surface area (Å²) >= 11 is 1.46. The fraction of sp³-hybridized carbons (Fsp3) is 0.409. The average Bonchev–Trinajstić information content (AvgIpc) is 2.87. The van der Waals surface area contributed by atoms with E-state index in [1.165, 1.54) is 23.1 Å². The predicted molar refractivity (Wildman–Crippen MR) is 111 cm³/mol. The summed E-state index contributed by atoms with van der Waals surface area (Å²) in [5, 5.41) is 12.9. The van der Waals surface area contributed by atoms with E-state index < -0.39 is 18.0 Å². The van der Waals surface area contributed by atoms with Crippen molar-refractivity contribution >= 4 is 28.2 Å². The Morgan fingerprint density at radius 2 is 1.97 bits per heavy atom. The molecular formula is C22H24N2O4S. The zero-order chi connectivity index (χ0) is 20.6. The minimum absolute atomic E-state index is 0.0449. The van der Waals surface area contributed by atoms with Gasteiger partial charge in [-0.1, -0.05) is 24.6 Å². The molecule has 0 bridgehead atoms. The Hall–Kier alpha value is -2.85. The predicted octanol–water partition coefficient (Wildman–Crippen LogP) is 4.23. The van der Waals surface area contributed by atoms with E-state index in [1.807, 2.05) is 18.2 Å². The van der Waals surface area contributed by atoms with Crippen molar-refractivity contribution in [2.75, 3.05) is 11.9 Å². The standard InChI is InChI=1S/C22H24N2O4S/c1-15(28-20(25)12-13-27-16-8-4-2-5-9-16)21(26)24-22-18(14-23)17-10-6-3-7-11-19(17)29-22/h2,4-5,8-9,15H,3,6-7,10-13H2,1H3,(H,24,26)/t15-/m1/s1. The zero-order valence-electron chi connectivity index (χ0n) is 16.4. The second-order valence-corrected chi connectivity index (χ2v) is 8.02. The van der Waals surface area contributed by atoms with Crippen molar-refractivity contribution in [3.8, 4) is 11.8 Å². The molecule has 7 heteroatoms. The fourth-order valence-corrected chi connectivity index (χ4v) is 4.48. The third-order valence-electron chi connectivity index (χ3n) is 4.77. The van der Waals surface area contributed by atoms with Crippen LogP contribution in [-0.4, -0.2) is 24.6 Å². The van der Waals surface area contributed by atoms with Gasteiger partial charge < -0.3 is 14.8 Å². The van der Waals surface area contributed by atoms with Gasteiger partial charge >= 0.3 is 5.97 Å². The first-order chi connectivity index (χ1) is 14.1. The Balaban J connectivity index is 1.51. The van der Waals surface area contributed by atoms with Crippen LogP contribution in [0.1, 0.15) is 48.6 Å². The first-order valence-corrected chi connectivity index (χ1v) is 10.6. The minimum atomic E-state index is -0.951. The third kappa shape index (κ3) is 5.58. The van der Waals surface area contributed by atoms with Crippen LogP contribution in [0.4, 0.5) is 5.00 Å². The Morgan fingerprint density at radius 3 is 2.72 bits per heavy atom. The van der Waals surface area contributed by atoms with Gasteiger partial charge in [0.15, 0.2) is 6.10 Å². The molecule has 1 aliphatic carbocycles. The van der Waals surface area contributed by atoms with E-state index in [4.69, 9.17) is 9.47 Å². The number of nitrogens with zero attached hydrogens (tertiary/aromatic N) is 1. The number of amides is 1. The molecule has 2 aromatic rings. The van der Waals surface area contributed by atoms with Gasteiger partial charge in [-0.3, -0.25) is 9.59 Å². The number of nitrogens with one attached hydrogen (secondary N) is 1. The summed E-state index contributed by atoms with van der Waals surface area (Å²) in [7, 11) is 0. The molecule has 0 radical (unpaired) electrons. The van der Waals surface area contributed by atoms with Crippen molar-refractivity contribution in [1.82, 2.24) is 0 Å². The van der Waals surface area contributed by atoms with E-state index in [1.54, 1.807) is 12.1 Å². The second kappa shape index (κ2) is 10.1. The summed E-state index contributed by atoms with van der Waals surface area (Å²) in [4.78, 5) is 25.6. The van der Waals surface area contributed by atoms with Crippen molar-refractivity contribution < 1.29 is 19.1 Å². The van der Waals surface area contributed by atoms with Crippen LogP contribution in [0.2, 0.25) is 0 Å². The highest BCUT2D eigenvalue weighted by atomic mass is 32.1. The Bertz CT molecular complexity index is 902. The van der Waals surface area contributed by atoms with Crippen LogP contribution >= 0.6 is 11.3 Å². The quantitative estimate of drug-likeness (QED) is 0.543. The fourth-order valence-electron chi connectivity index (χ4n) is 3.24. The summed E-state index contributed by atoms with van der Waals surface area (Å²) in [6, 6.07) is 11.4. The Morgan fingerprint density at radius 1 is 1.21 bits per heavy atom. The molecule has 1 atom stereocenters. The number of carbonyl (C=O) groups is 2. The van der Waals surface area contributed by atoms with Crippen LogP contribution in [0, 0.1) is 11.3 Å². The largest absolute Gasteiger partial charge is 0.493 e. The molecule has 1 heterocycles. The molecule has 0 unspecified atom stereocenters. The molecule has 29 heavy (non-hydrogen) atoms. The lowest BCUT2D eigenvalue weighted by atomic mass is 10.1. The van der Waals surface area contributed by atoms with Gasteiger partial charge in [0.05, 0.1) is 18.6 Å².